The van der Waals surface area contributed by atoms with Crippen molar-refractivity contribution in [2.75, 3.05) is 12.4 Å². The van der Waals surface area contributed by atoms with Crippen molar-refractivity contribution in [1.82, 2.24) is 0 Å². The lowest BCUT2D eigenvalue weighted by atomic mass is 10.3. The predicted molar refractivity (Wildman–Crippen MR) is 44.9 cm³/mol. The van der Waals surface area contributed by atoms with Gasteiger partial charge in [0, 0.05) is 6.61 Å². The molecule has 0 N–H and O–H groups in total. The summed E-state index contributed by atoms with van der Waals surface area (Å²) < 4.78 is 35.8. The molecule has 0 aliphatic rings. The predicted octanol–water partition coefficient (Wildman–Crippen LogP) is 0.737. The Balaban J connectivity index is 3.53. The highest BCUT2D eigenvalue weighted by molar-refractivity contribution is 7.85. The molecular weight excluding hydrogens is 180 g/mol. The van der Waals surface area contributed by atoms with Crippen molar-refractivity contribution in [3.05, 3.63) is 0 Å². The van der Waals surface area contributed by atoms with Crippen LogP contribution in [0, 0.1) is 0 Å². The van der Waals surface area contributed by atoms with E-state index in [1.807, 2.05) is 6.92 Å². The molecule has 0 aromatic rings. The first kappa shape index (κ1) is 11.9. The largest absolute Gasteiger partial charge is 0.748 e. The second-order valence-electron chi connectivity index (χ2n) is 2.76. The lowest BCUT2D eigenvalue weighted by molar-refractivity contribution is 0.0775. The van der Waals surface area contributed by atoms with Crippen LogP contribution in [-0.4, -0.2) is 31.4 Å². The molecule has 1 unspecified atom stereocenters. The van der Waals surface area contributed by atoms with Crippen molar-refractivity contribution in [3.8, 4) is 0 Å². The Morgan fingerprint density at radius 3 is 2.50 bits per heavy atom. The van der Waals surface area contributed by atoms with Gasteiger partial charge in [0.1, 0.15) is 0 Å². The molecule has 0 aromatic carbocycles. The van der Waals surface area contributed by atoms with E-state index in [4.69, 9.17) is 4.74 Å². The molecule has 0 amide bonds. The maximum atomic E-state index is 10.2. The fourth-order valence-electron chi connectivity index (χ4n) is 0.764. The van der Waals surface area contributed by atoms with E-state index in [9.17, 15) is 13.0 Å². The van der Waals surface area contributed by atoms with Crippen LogP contribution in [0.4, 0.5) is 0 Å². The Bertz CT molecular complexity index is 197. The average molecular weight is 195 g/mol. The molecule has 0 saturated carbocycles. The summed E-state index contributed by atoms with van der Waals surface area (Å²) in [6.45, 7) is 4.12. The van der Waals surface area contributed by atoms with E-state index in [0.717, 1.165) is 12.8 Å². The van der Waals surface area contributed by atoms with Crippen LogP contribution < -0.4 is 0 Å². The van der Waals surface area contributed by atoms with Crippen molar-refractivity contribution < 1.29 is 17.7 Å². The maximum absolute atomic E-state index is 10.2. The molecule has 0 aromatic heterocycles. The molecule has 0 aliphatic heterocycles. The molecule has 0 heterocycles. The fraction of sp³-hybridized carbons (Fsp3) is 1.00. The van der Waals surface area contributed by atoms with E-state index in [1.165, 1.54) is 0 Å². The van der Waals surface area contributed by atoms with Crippen LogP contribution in [0.25, 0.3) is 0 Å². The van der Waals surface area contributed by atoms with E-state index in [1.54, 1.807) is 6.92 Å². The third-order valence-electron chi connectivity index (χ3n) is 1.34. The molecule has 0 saturated heterocycles. The lowest BCUT2D eigenvalue weighted by Crippen LogP contribution is -2.21. The van der Waals surface area contributed by atoms with Gasteiger partial charge in [-0.05, 0) is 13.3 Å². The molecule has 0 spiro atoms. The Morgan fingerprint density at radius 2 is 2.08 bits per heavy atom. The van der Waals surface area contributed by atoms with Gasteiger partial charge in [-0.1, -0.05) is 13.3 Å². The zero-order valence-electron chi connectivity index (χ0n) is 7.45. The Kier molecular flexibility index (Phi) is 5.44. The highest BCUT2D eigenvalue weighted by atomic mass is 32.2. The van der Waals surface area contributed by atoms with Crippen molar-refractivity contribution in [1.29, 1.82) is 0 Å². The summed E-state index contributed by atoms with van der Waals surface area (Å²) in [7, 11) is -4.14. The van der Waals surface area contributed by atoms with Crippen molar-refractivity contribution in [2.24, 2.45) is 0 Å². The molecule has 1 atom stereocenters. The van der Waals surface area contributed by atoms with Gasteiger partial charge in [-0.15, -0.1) is 0 Å². The van der Waals surface area contributed by atoms with Crippen LogP contribution in [0.3, 0.4) is 0 Å². The average Bonchev–Trinajstić information content (AvgIpc) is 1.84. The van der Waals surface area contributed by atoms with Crippen LogP contribution in [-0.2, 0) is 14.9 Å². The maximum Gasteiger partial charge on any atom is 0.0971 e. The highest BCUT2D eigenvalue weighted by Crippen LogP contribution is 1.97. The lowest BCUT2D eigenvalue weighted by Gasteiger charge is -2.14. The molecule has 0 aliphatic carbocycles. The van der Waals surface area contributed by atoms with Crippen LogP contribution in [0.2, 0.25) is 0 Å². The Hall–Kier alpha value is -0.130. The monoisotopic (exact) mass is 195 g/mol. The first-order valence-electron chi connectivity index (χ1n) is 4.01. The van der Waals surface area contributed by atoms with Crippen LogP contribution in [0.1, 0.15) is 26.7 Å². The summed E-state index contributed by atoms with van der Waals surface area (Å²) in [4.78, 5) is 0. The first-order valence-corrected chi connectivity index (χ1v) is 5.58. The zero-order valence-corrected chi connectivity index (χ0v) is 8.26. The van der Waals surface area contributed by atoms with Gasteiger partial charge in [-0.3, -0.25) is 0 Å². The van der Waals surface area contributed by atoms with Gasteiger partial charge in [-0.25, -0.2) is 8.42 Å². The normalized spacial score (nSPS) is 14.6. The first-order chi connectivity index (χ1) is 5.45. The molecule has 4 nitrogen and oxygen atoms in total. The smallest absolute Gasteiger partial charge is 0.0971 e. The van der Waals surface area contributed by atoms with E-state index < -0.39 is 22.0 Å². The second-order valence-corrected chi connectivity index (χ2v) is 4.21. The van der Waals surface area contributed by atoms with Gasteiger partial charge in [0.25, 0.3) is 0 Å². The molecule has 0 bridgehead atoms. The van der Waals surface area contributed by atoms with Crippen LogP contribution in [0.5, 0.6) is 0 Å². The summed E-state index contributed by atoms with van der Waals surface area (Å²) in [5.41, 5.74) is 0. The summed E-state index contributed by atoms with van der Waals surface area (Å²) in [6, 6.07) is 0. The SMILES string of the molecule is CCCCOC(C)CS(=O)(=O)[O-]. The molecule has 74 valence electrons. The van der Waals surface area contributed by atoms with E-state index >= 15 is 0 Å². The molecular formula is C7H15O4S-. The number of unbranched alkanes of at least 4 members (excludes halogenated alkanes) is 1. The van der Waals surface area contributed by atoms with Crippen molar-refractivity contribution >= 4 is 10.1 Å². The molecule has 0 fully saturated rings. The van der Waals surface area contributed by atoms with Gasteiger partial charge in [0.15, 0.2) is 0 Å². The van der Waals surface area contributed by atoms with Gasteiger partial charge in [0.05, 0.1) is 22.0 Å². The van der Waals surface area contributed by atoms with Crippen LogP contribution >= 0.6 is 0 Å². The number of rotatable bonds is 6. The summed E-state index contributed by atoms with van der Waals surface area (Å²) >= 11 is 0. The molecule has 12 heavy (non-hydrogen) atoms. The molecule has 5 heteroatoms. The molecule has 0 radical (unpaired) electrons. The minimum atomic E-state index is -4.14. The number of hydrogen-bond acceptors (Lipinski definition) is 4. The quantitative estimate of drug-likeness (QED) is 0.463. The highest BCUT2D eigenvalue weighted by Gasteiger charge is 2.05. The minimum absolute atomic E-state index is 0.434. The van der Waals surface area contributed by atoms with Gasteiger partial charge in [-0.2, -0.15) is 0 Å². The summed E-state index contributed by atoms with van der Waals surface area (Å²) in [5.74, 6) is -0.434. The summed E-state index contributed by atoms with van der Waals surface area (Å²) in [5, 5.41) is 0. The van der Waals surface area contributed by atoms with Crippen molar-refractivity contribution in [2.45, 2.75) is 32.8 Å². The minimum Gasteiger partial charge on any atom is -0.748 e. The summed E-state index contributed by atoms with van der Waals surface area (Å²) in [6.07, 6.45) is 1.40. The third-order valence-corrected chi connectivity index (χ3v) is 2.22. The van der Waals surface area contributed by atoms with Gasteiger partial charge in [0.2, 0.25) is 0 Å². The van der Waals surface area contributed by atoms with E-state index in [-0.39, 0.29) is 0 Å². The Morgan fingerprint density at radius 1 is 1.50 bits per heavy atom. The van der Waals surface area contributed by atoms with Gasteiger partial charge >= 0.3 is 0 Å². The zero-order chi connectivity index (χ0) is 9.61. The van der Waals surface area contributed by atoms with Crippen molar-refractivity contribution in [3.63, 3.8) is 0 Å². The standard InChI is InChI=1S/C7H16O4S/c1-3-4-5-11-7(2)6-12(8,9)10/h7H,3-6H2,1-2H3,(H,8,9,10)/p-1. The Labute approximate surface area is 73.7 Å². The number of hydrogen-bond donors (Lipinski definition) is 0. The van der Waals surface area contributed by atoms with Crippen LogP contribution in [0.15, 0.2) is 0 Å². The second kappa shape index (κ2) is 5.50. The van der Waals surface area contributed by atoms with E-state index in [0.29, 0.717) is 6.61 Å². The third kappa shape index (κ3) is 7.97. The van der Waals surface area contributed by atoms with Gasteiger partial charge < -0.3 is 9.29 Å². The topological polar surface area (TPSA) is 66.4 Å². The van der Waals surface area contributed by atoms with E-state index in [2.05, 4.69) is 0 Å². The fourth-order valence-corrected chi connectivity index (χ4v) is 1.44. The molecule has 0 rings (SSSR count). The number of ether oxygens (including phenoxy) is 1.